The zero-order valence-corrected chi connectivity index (χ0v) is 21.7. The van der Waals surface area contributed by atoms with E-state index >= 15 is 0 Å². The quantitative estimate of drug-likeness (QED) is 0.0740. The summed E-state index contributed by atoms with van der Waals surface area (Å²) in [6.45, 7) is 0. The van der Waals surface area contributed by atoms with Crippen molar-refractivity contribution in [3.63, 3.8) is 0 Å². The zero-order valence-electron chi connectivity index (χ0n) is 21.7. The van der Waals surface area contributed by atoms with Crippen molar-refractivity contribution in [2.75, 3.05) is 0 Å². The lowest BCUT2D eigenvalue weighted by Gasteiger charge is -2.03. The number of unbranched alkanes of at least 4 members (excludes halogenated alkanes) is 20. The predicted octanol–water partition coefficient (Wildman–Crippen LogP) is 9.41. The Kier molecular flexibility index (Phi) is 25.9. The summed E-state index contributed by atoms with van der Waals surface area (Å²) in [6.07, 6.45) is 38.3. The van der Waals surface area contributed by atoms with Gasteiger partial charge in [-0.3, -0.25) is 0 Å². The van der Waals surface area contributed by atoms with Crippen molar-refractivity contribution >= 4 is 11.9 Å². The first kappa shape index (κ1) is 32.2. The van der Waals surface area contributed by atoms with Crippen LogP contribution in [0, 0.1) is 0 Å². The molecule has 0 heterocycles. The molecule has 4 heteroatoms. The smallest absolute Gasteiger partial charge is 0.327 e. The van der Waals surface area contributed by atoms with E-state index in [1.165, 1.54) is 128 Å². The molecule has 0 aliphatic carbocycles. The maximum absolute atomic E-state index is 10.4. The average Bonchev–Trinajstić information content (AvgIpc) is 2.80. The molecule has 34 heavy (non-hydrogen) atoms. The van der Waals surface area contributed by atoms with Crippen LogP contribution in [0.25, 0.3) is 0 Å². The molecule has 0 saturated heterocycles. The fourth-order valence-corrected chi connectivity index (χ4v) is 4.13. The number of carbonyl (C=O) groups is 2. The average molecular weight is 477 g/mol. The van der Waals surface area contributed by atoms with Gasteiger partial charge in [-0.05, 0) is 51.4 Å². The van der Waals surface area contributed by atoms with Crippen molar-refractivity contribution in [2.24, 2.45) is 0 Å². The minimum Gasteiger partial charge on any atom is -0.478 e. The number of carboxylic acids is 2. The van der Waals surface area contributed by atoms with E-state index in [1.807, 2.05) is 0 Å². The third-order valence-electron chi connectivity index (χ3n) is 6.17. The minimum absolute atomic E-state index is 0.842. The summed E-state index contributed by atoms with van der Waals surface area (Å²) >= 11 is 0. The van der Waals surface area contributed by atoms with Crippen LogP contribution in [0.3, 0.4) is 0 Å². The number of allylic oxidation sites excluding steroid dienone is 4. The van der Waals surface area contributed by atoms with Crippen LogP contribution in [0.15, 0.2) is 36.5 Å². The Morgan fingerprint density at radius 2 is 0.559 bits per heavy atom. The monoisotopic (exact) mass is 476 g/mol. The van der Waals surface area contributed by atoms with Gasteiger partial charge in [-0.15, -0.1) is 0 Å². The number of rotatable bonds is 26. The van der Waals surface area contributed by atoms with E-state index in [-0.39, 0.29) is 0 Å². The minimum atomic E-state index is -0.849. The fourth-order valence-electron chi connectivity index (χ4n) is 4.13. The fraction of sp³-hybridized carbons (Fsp3) is 0.733. The zero-order chi connectivity index (χ0) is 25.0. The van der Waals surface area contributed by atoms with Gasteiger partial charge in [0.1, 0.15) is 0 Å². The summed E-state index contributed by atoms with van der Waals surface area (Å²) < 4.78 is 0. The van der Waals surface area contributed by atoms with Gasteiger partial charge in [-0.2, -0.15) is 0 Å². The summed E-state index contributed by atoms with van der Waals surface area (Å²) in [6, 6.07) is 0. The number of hydrogen-bond donors (Lipinski definition) is 2. The Labute approximate surface area is 209 Å². The molecule has 0 aliphatic rings. The second kappa shape index (κ2) is 27.4. The molecule has 0 fully saturated rings. The molecule has 0 unspecified atom stereocenters. The second-order valence-electron chi connectivity index (χ2n) is 9.47. The van der Waals surface area contributed by atoms with Crippen molar-refractivity contribution in [2.45, 2.75) is 141 Å². The lowest BCUT2D eigenvalue weighted by atomic mass is 10.0. The van der Waals surface area contributed by atoms with Crippen LogP contribution in [0.5, 0.6) is 0 Å². The Hall–Kier alpha value is -1.84. The molecular formula is C30H52O4. The van der Waals surface area contributed by atoms with Crippen molar-refractivity contribution in [1.29, 1.82) is 0 Å². The summed E-state index contributed by atoms with van der Waals surface area (Å²) in [4.78, 5) is 20.7. The van der Waals surface area contributed by atoms with E-state index in [0.717, 1.165) is 25.7 Å². The van der Waals surface area contributed by atoms with Crippen molar-refractivity contribution < 1.29 is 19.8 Å². The van der Waals surface area contributed by atoms with Gasteiger partial charge in [0.15, 0.2) is 0 Å². The van der Waals surface area contributed by atoms with E-state index in [9.17, 15) is 9.59 Å². The van der Waals surface area contributed by atoms with Gasteiger partial charge >= 0.3 is 11.9 Å². The molecule has 0 aliphatic heterocycles. The standard InChI is InChI=1S/C30H52O4/c31-29(32)27-25-23-21-19-17-15-13-11-9-7-5-3-1-2-4-6-8-10-12-14-16-18-20-22-24-26-28-30(33)34/h9,11,25-28H,1-8,10,12-24H2,(H,31,32)(H,33,34). The molecule has 0 radical (unpaired) electrons. The van der Waals surface area contributed by atoms with Crippen molar-refractivity contribution in [3.05, 3.63) is 36.5 Å². The highest BCUT2D eigenvalue weighted by molar-refractivity contribution is 5.79. The van der Waals surface area contributed by atoms with E-state index in [1.54, 1.807) is 12.2 Å². The summed E-state index contributed by atoms with van der Waals surface area (Å²) in [5.41, 5.74) is 0. The SMILES string of the molecule is O=C(O)C=CCCCCCCC=CCCCCCCCCCCCCCCCCC=CC(=O)O. The highest BCUT2D eigenvalue weighted by Gasteiger charge is 1.95. The van der Waals surface area contributed by atoms with Crippen LogP contribution < -0.4 is 0 Å². The van der Waals surface area contributed by atoms with Gasteiger partial charge in [0.2, 0.25) is 0 Å². The van der Waals surface area contributed by atoms with Crippen LogP contribution >= 0.6 is 0 Å². The van der Waals surface area contributed by atoms with Gasteiger partial charge in [0.25, 0.3) is 0 Å². The maximum atomic E-state index is 10.4. The first-order valence-electron chi connectivity index (χ1n) is 14.1. The molecule has 0 aromatic heterocycles. The normalized spacial score (nSPS) is 11.9. The maximum Gasteiger partial charge on any atom is 0.327 e. The van der Waals surface area contributed by atoms with Gasteiger partial charge in [0.05, 0.1) is 0 Å². The van der Waals surface area contributed by atoms with Crippen LogP contribution in [-0.4, -0.2) is 22.2 Å². The van der Waals surface area contributed by atoms with Crippen molar-refractivity contribution in [3.8, 4) is 0 Å². The first-order chi connectivity index (χ1) is 16.6. The number of hydrogen-bond acceptors (Lipinski definition) is 2. The van der Waals surface area contributed by atoms with Crippen LogP contribution in [0.2, 0.25) is 0 Å². The summed E-state index contributed by atoms with van der Waals surface area (Å²) in [5.74, 6) is -1.69. The van der Waals surface area contributed by atoms with E-state index in [4.69, 9.17) is 10.2 Å². The van der Waals surface area contributed by atoms with Crippen LogP contribution in [0.4, 0.5) is 0 Å². The Morgan fingerprint density at radius 3 is 0.794 bits per heavy atom. The third-order valence-corrected chi connectivity index (χ3v) is 6.17. The molecule has 0 spiro atoms. The Balaban J connectivity index is 3.14. The Bertz CT molecular complexity index is 548. The molecule has 0 bridgehead atoms. The molecule has 0 rings (SSSR count). The highest BCUT2D eigenvalue weighted by atomic mass is 16.4. The number of aliphatic carboxylic acids is 2. The number of carboxylic acid groups (broad SMARTS) is 2. The summed E-state index contributed by atoms with van der Waals surface area (Å²) in [7, 11) is 0. The topological polar surface area (TPSA) is 74.6 Å². The van der Waals surface area contributed by atoms with E-state index in [0.29, 0.717) is 0 Å². The van der Waals surface area contributed by atoms with Gasteiger partial charge < -0.3 is 10.2 Å². The van der Waals surface area contributed by atoms with Gasteiger partial charge in [-0.1, -0.05) is 114 Å². The molecule has 0 aromatic carbocycles. The molecule has 0 atom stereocenters. The molecule has 2 N–H and O–H groups in total. The van der Waals surface area contributed by atoms with Crippen LogP contribution in [0.1, 0.15) is 141 Å². The van der Waals surface area contributed by atoms with Gasteiger partial charge in [0, 0.05) is 12.2 Å². The lowest BCUT2D eigenvalue weighted by Crippen LogP contribution is -1.86. The molecule has 0 aromatic rings. The predicted molar refractivity (Wildman–Crippen MR) is 144 cm³/mol. The molecular weight excluding hydrogens is 424 g/mol. The largest absolute Gasteiger partial charge is 0.478 e. The van der Waals surface area contributed by atoms with Crippen molar-refractivity contribution in [1.82, 2.24) is 0 Å². The van der Waals surface area contributed by atoms with Gasteiger partial charge in [-0.25, -0.2) is 9.59 Å². The first-order valence-corrected chi connectivity index (χ1v) is 14.1. The highest BCUT2D eigenvalue weighted by Crippen LogP contribution is 2.14. The lowest BCUT2D eigenvalue weighted by molar-refractivity contribution is -0.132. The van der Waals surface area contributed by atoms with E-state index in [2.05, 4.69) is 12.2 Å². The summed E-state index contributed by atoms with van der Waals surface area (Å²) in [5, 5.41) is 17.0. The second-order valence-corrected chi connectivity index (χ2v) is 9.47. The molecule has 0 amide bonds. The van der Waals surface area contributed by atoms with E-state index < -0.39 is 11.9 Å². The molecule has 0 saturated carbocycles. The third kappa shape index (κ3) is 30.2. The Morgan fingerprint density at radius 1 is 0.353 bits per heavy atom. The molecule has 196 valence electrons. The van der Waals surface area contributed by atoms with Crippen LogP contribution in [-0.2, 0) is 9.59 Å². The molecule has 4 nitrogen and oxygen atoms in total.